The molecule has 0 radical (unpaired) electrons. The number of likely N-dealkylation sites (N-methyl/N-ethyl adjacent to an activating group) is 1. The first-order chi connectivity index (χ1) is 8.56. The molecule has 1 aromatic rings. The fourth-order valence-electron chi connectivity index (χ4n) is 1.54. The number of halogens is 1. The van der Waals surface area contributed by atoms with Crippen molar-refractivity contribution in [3.63, 3.8) is 0 Å². The topological polar surface area (TPSA) is 68.7 Å². The van der Waals surface area contributed by atoms with Crippen LogP contribution in [0.15, 0.2) is 18.3 Å². The molecule has 2 heterocycles. The van der Waals surface area contributed by atoms with Crippen LogP contribution in [0.1, 0.15) is 0 Å². The summed E-state index contributed by atoms with van der Waals surface area (Å²) in [6.07, 6.45) is 1.49. The van der Waals surface area contributed by atoms with Gasteiger partial charge in [-0.1, -0.05) is 17.7 Å². The lowest BCUT2D eigenvalue weighted by atomic mass is 9.79. The van der Waals surface area contributed by atoms with E-state index in [9.17, 15) is 9.59 Å². The highest BCUT2D eigenvalue weighted by Crippen LogP contribution is 2.06. The first kappa shape index (κ1) is 12.9. The van der Waals surface area contributed by atoms with Gasteiger partial charge >= 0.3 is 19.1 Å². The van der Waals surface area contributed by atoms with Crippen molar-refractivity contribution in [2.75, 3.05) is 20.1 Å². The number of pyridine rings is 1. The highest BCUT2D eigenvalue weighted by atomic mass is 35.5. The Hall–Kier alpha value is -1.60. The van der Waals surface area contributed by atoms with Gasteiger partial charge in [0, 0.05) is 11.7 Å². The summed E-state index contributed by atoms with van der Waals surface area (Å²) < 4.78 is 10.1. The molecule has 1 saturated heterocycles. The molecule has 0 bridgehead atoms. The van der Waals surface area contributed by atoms with Crippen LogP contribution in [0.4, 0.5) is 0 Å². The molecule has 18 heavy (non-hydrogen) atoms. The molecular formula is C10H10BClN2O4. The molecule has 0 aliphatic carbocycles. The molecule has 0 saturated carbocycles. The largest absolute Gasteiger partial charge is 0.639 e. The fourth-order valence-corrected chi connectivity index (χ4v) is 1.74. The molecule has 6 nitrogen and oxygen atoms in total. The third kappa shape index (κ3) is 2.99. The Balaban J connectivity index is 2.24. The van der Waals surface area contributed by atoms with Crippen molar-refractivity contribution in [1.29, 1.82) is 0 Å². The van der Waals surface area contributed by atoms with Gasteiger partial charge in [-0.25, -0.2) is 4.98 Å². The van der Waals surface area contributed by atoms with Crippen LogP contribution in [0.25, 0.3) is 0 Å². The lowest BCUT2D eigenvalue weighted by Crippen LogP contribution is -2.48. The minimum Gasteiger partial charge on any atom is -0.494 e. The summed E-state index contributed by atoms with van der Waals surface area (Å²) >= 11 is 5.87. The molecule has 1 aliphatic rings. The first-order valence-corrected chi connectivity index (χ1v) is 5.62. The fraction of sp³-hybridized carbons (Fsp3) is 0.300. The zero-order valence-corrected chi connectivity index (χ0v) is 10.4. The summed E-state index contributed by atoms with van der Waals surface area (Å²) in [6, 6.07) is 3.21. The van der Waals surface area contributed by atoms with Crippen LogP contribution in [-0.2, 0) is 18.9 Å². The normalized spacial score (nSPS) is 17.8. The Labute approximate surface area is 109 Å². The van der Waals surface area contributed by atoms with Gasteiger partial charge in [0.1, 0.15) is 5.15 Å². The maximum Gasteiger partial charge on any atom is 0.639 e. The lowest BCUT2D eigenvalue weighted by molar-refractivity contribution is -0.145. The van der Waals surface area contributed by atoms with Gasteiger partial charge in [-0.2, -0.15) is 0 Å². The zero-order valence-electron chi connectivity index (χ0n) is 9.63. The van der Waals surface area contributed by atoms with Gasteiger partial charge < -0.3 is 9.31 Å². The lowest BCUT2D eigenvalue weighted by Gasteiger charge is -2.22. The predicted molar refractivity (Wildman–Crippen MR) is 64.3 cm³/mol. The van der Waals surface area contributed by atoms with E-state index in [1.807, 2.05) is 0 Å². The van der Waals surface area contributed by atoms with Crippen LogP contribution in [0, 0.1) is 0 Å². The smallest absolute Gasteiger partial charge is 0.494 e. The van der Waals surface area contributed by atoms with Gasteiger partial charge in [-0.3, -0.25) is 14.5 Å². The number of rotatable bonds is 1. The van der Waals surface area contributed by atoms with E-state index >= 15 is 0 Å². The van der Waals surface area contributed by atoms with Crippen molar-refractivity contribution in [1.82, 2.24) is 9.88 Å². The molecule has 0 atom stereocenters. The van der Waals surface area contributed by atoms with E-state index in [0.29, 0.717) is 5.46 Å². The summed E-state index contributed by atoms with van der Waals surface area (Å²) in [6.45, 7) is 0.0347. The highest BCUT2D eigenvalue weighted by molar-refractivity contribution is 6.67. The summed E-state index contributed by atoms with van der Waals surface area (Å²) in [5.41, 5.74) is 0.352. The molecule has 1 aliphatic heterocycles. The Morgan fingerprint density at radius 3 is 2.50 bits per heavy atom. The summed E-state index contributed by atoms with van der Waals surface area (Å²) in [5.74, 6) is -0.982. The Bertz CT molecular complexity index is 465. The Morgan fingerprint density at radius 2 is 1.94 bits per heavy atom. The predicted octanol–water partition coefficient (Wildman–Crippen LogP) is -0.538. The van der Waals surface area contributed by atoms with E-state index in [4.69, 9.17) is 20.9 Å². The first-order valence-electron chi connectivity index (χ1n) is 5.24. The Kier molecular flexibility index (Phi) is 3.83. The van der Waals surface area contributed by atoms with Gasteiger partial charge in [0.25, 0.3) is 0 Å². The molecule has 0 aromatic carbocycles. The molecule has 94 valence electrons. The second kappa shape index (κ2) is 5.37. The molecule has 0 N–H and O–H groups in total. The minimum atomic E-state index is -1.14. The van der Waals surface area contributed by atoms with E-state index in [2.05, 4.69) is 4.98 Å². The SMILES string of the molecule is CN1CC(=O)OB(c2cccnc2Cl)OC(=O)C1. The third-order valence-corrected chi connectivity index (χ3v) is 2.63. The average Bonchev–Trinajstić information content (AvgIpc) is 2.26. The summed E-state index contributed by atoms with van der Waals surface area (Å²) in [7, 11) is 0.486. The van der Waals surface area contributed by atoms with Crippen molar-refractivity contribution in [3.8, 4) is 0 Å². The second-order valence-corrected chi connectivity index (χ2v) is 4.23. The number of carbonyl (C=O) groups is 2. The van der Waals surface area contributed by atoms with E-state index in [-0.39, 0.29) is 18.2 Å². The number of hydrogen-bond donors (Lipinski definition) is 0. The Morgan fingerprint density at radius 1 is 1.33 bits per heavy atom. The van der Waals surface area contributed by atoms with E-state index in [1.54, 1.807) is 19.2 Å². The summed E-state index contributed by atoms with van der Waals surface area (Å²) in [5, 5.41) is 0.136. The number of hydrogen-bond acceptors (Lipinski definition) is 6. The van der Waals surface area contributed by atoms with Crippen LogP contribution in [0.5, 0.6) is 0 Å². The van der Waals surface area contributed by atoms with Crippen LogP contribution in [0.3, 0.4) is 0 Å². The van der Waals surface area contributed by atoms with Crippen molar-refractivity contribution in [3.05, 3.63) is 23.5 Å². The van der Waals surface area contributed by atoms with Gasteiger partial charge in [0.05, 0.1) is 13.1 Å². The number of aromatic nitrogens is 1. The third-order valence-electron chi connectivity index (χ3n) is 2.32. The standard InChI is InChI=1S/C10H10BClN2O4/c1-14-5-8(15)17-11(18-9(16)6-14)7-3-2-4-13-10(7)12/h2-4H,5-6H2,1H3. The number of nitrogens with zero attached hydrogens (tertiary/aromatic N) is 2. The van der Waals surface area contributed by atoms with E-state index in [0.717, 1.165) is 0 Å². The van der Waals surface area contributed by atoms with Gasteiger partial charge in [0.2, 0.25) is 0 Å². The second-order valence-electron chi connectivity index (χ2n) is 3.87. The van der Waals surface area contributed by atoms with E-state index < -0.39 is 19.1 Å². The molecule has 0 amide bonds. The van der Waals surface area contributed by atoms with Crippen molar-refractivity contribution >= 4 is 36.1 Å². The highest BCUT2D eigenvalue weighted by Gasteiger charge is 2.35. The quantitative estimate of drug-likeness (QED) is 0.503. The molecule has 0 unspecified atom stereocenters. The molecular weight excluding hydrogens is 258 g/mol. The van der Waals surface area contributed by atoms with Crippen LogP contribution < -0.4 is 5.46 Å². The summed E-state index contributed by atoms with van der Waals surface area (Å²) in [4.78, 5) is 28.4. The molecule has 1 aromatic heterocycles. The van der Waals surface area contributed by atoms with Crippen molar-refractivity contribution in [2.24, 2.45) is 0 Å². The van der Waals surface area contributed by atoms with Gasteiger partial charge in [-0.05, 0) is 13.1 Å². The van der Waals surface area contributed by atoms with Crippen LogP contribution in [-0.4, -0.2) is 49.1 Å². The van der Waals surface area contributed by atoms with E-state index in [1.165, 1.54) is 11.1 Å². The zero-order chi connectivity index (χ0) is 13.1. The van der Waals surface area contributed by atoms with Gasteiger partial charge in [-0.15, -0.1) is 0 Å². The minimum absolute atomic E-state index is 0.0173. The molecule has 2 rings (SSSR count). The molecule has 0 spiro atoms. The molecule has 8 heteroatoms. The van der Waals surface area contributed by atoms with Gasteiger partial charge in [0.15, 0.2) is 0 Å². The van der Waals surface area contributed by atoms with Crippen molar-refractivity contribution < 1.29 is 18.9 Å². The average molecular weight is 268 g/mol. The van der Waals surface area contributed by atoms with Crippen molar-refractivity contribution in [2.45, 2.75) is 0 Å². The number of carbonyl (C=O) groups excluding carboxylic acids is 2. The maximum absolute atomic E-state index is 11.5. The monoisotopic (exact) mass is 268 g/mol. The van der Waals surface area contributed by atoms with Crippen LogP contribution >= 0.6 is 11.6 Å². The van der Waals surface area contributed by atoms with Crippen LogP contribution in [0.2, 0.25) is 5.15 Å². The maximum atomic E-state index is 11.5. The molecule has 1 fully saturated rings.